The molecule has 0 aromatic carbocycles. The molecule has 1 aromatic heterocycles. The molecule has 0 saturated heterocycles. The molecule has 0 saturated carbocycles. The van der Waals surface area contributed by atoms with Crippen LogP contribution in [0.2, 0.25) is 0 Å². The standard InChI is InChI=1S/C8H6F3NO2/c1-5(13)14-7-2-6(3-12-4-7)8(9,10)11/h2-4H,1H3. The molecule has 0 spiro atoms. The Morgan fingerprint density at radius 1 is 1.43 bits per heavy atom. The van der Waals surface area contributed by atoms with Crippen LogP contribution in [0.4, 0.5) is 13.2 Å². The Morgan fingerprint density at radius 3 is 2.57 bits per heavy atom. The smallest absolute Gasteiger partial charge is 0.418 e. The molecule has 1 aromatic rings. The van der Waals surface area contributed by atoms with E-state index < -0.39 is 17.7 Å². The first-order valence-corrected chi connectivity index (χ1v) is 3.60. The number of carbonyl (C=O) groups excluding carboxylic acids is 1. The number of carbonyl (C=O) groups is 1. The number of halogens is 3. The minimum atomic E-state index is -4.48. The minimum absolute atomic E-state index is 0.215. The SMILES string of the molecule is CC(=O)Oc1cncc(C(F)(F)F)c1. The van der Waals surface area contributed by atoms with Crippen LogP contribution in [-0.4, -0.2) is 11.0 Å². The molecule has 6 heteroatoms. The zero-order valence-electron chi connectivity index (χ0n) is 7.13. The lowest BCUT2D eigenvalue weighted by atomic mass is 10.3. The number of aromatic nitrogens is 1. The van der Waals surface area contributed by atoms with Crippen LogP contribution in [0, 0.1) is 0 Å². The van der Waals surface area contributed by atoms with E-state index in [1.165, 1.54) is 0 Å². The lowest BCUT2D eigenvalue weighted by Crippen LogP contribution is -2.07. The van der Waals surface area contributed by atoms with E-state index in [-0.39, 0.29) is 5.75 Å². The van der Waals surface area contributed by atoms with E-state index in [0.717, 1.165) is 13.1 Å². The molecule has 0 N–H and O–H groups in total. The number of pyridine rings is 1. The van der Waals surface area contributed by atoms with Gasteiger partial charge in [-0.1, -0.05) is 0 Å². The maximum Gasteiger partial charge on any atom is 0.418 e. The highest BCUT2D eigenvalue weighted by molar-refractivity contribution is 5.69. The zero-order chi connectivity index (χ0) is 10.8. The summed E-state index contributed by atoms with van der Waals surface area (Å²) in [6.45, 7) is 1.10. The summed E-state index contributed by atoms with van der Waals surface area (Å²) in [6.07, 6.45) is -2.78. The van der Waals surface area contributed by atoms with Gasteiger partial charge >= 0.3 is 12.1 Å². The van der Waals surface area contributed by atoms with E-state index in [1.54, 1.807) is 0 Å². The van der Waals surface area contributed by atoms with Crippen LogP contribution in [0.25, 0.3) is 0 Å². The van der Waals surface area contributed by atoms with Gasteiger partial charge in [0.05, 0.1) is 11.8 Å². The number of hydrogen-bond donors (Lipinski definition) is 0. The molecule has 1 rings (SSSR count). The Morgan fingerprint density at radius 2 is 2.07 bits per heavy atom. The van der Waals surface area contributed by atoms with Crippen molar-refractivity contribution >= 4 is 5.97 Å². The lowest BCUT2D eigenvalue weighted by molar-refractivity contribution is -0.138. The van der Waals surface area contributed by atoms with Gasteiger partial charge in [-0.2, -0.15) is 13.2 Å². The van der Waals surface area contributed by atoms with Gasteiger partial charge in [0.2, 0.25) is 0 Å². The predicted molar refractivity (Wildman–Crippen MR) is 40.5 cm³/mol. The average Bonchev–Trinajstić information content (AvgIpc) is 2.01. The topological polar surface area (TPSA) is 39.2 Å². The van der Waals surface area contributed by atoms with E-state index in [4.69, 9.17) is 0 Å². The monoisotopic (exact) mass is 205 g/mol. The van der Waals surface area contributed by atoms with Crippen LogP contribution in [0.3, 0.4) is 0 Å². The molecule has 0 atom stereocenters. The maximum absolute atomic E-state index is 12.1. The van der Waals surface area contributed by atoms with Crippen molar-refractivity contribution in [2.24, 2.45) is 0 Å². The van der Waals surface area contributed by atoms with Gasteiger partial charge in [0.1, 0.15) is 5.75 Å². The van der Waals surface area contributed by atoms with Gasteiger partial charge in [0, 0.05) is 13.1 Å². The average molecular weight is 205 g/mol. The summed E-state index contributed by atoms with van der Waals surface area (Å²) >= 11 is 0. The molecule has 0 aliphatic rings. The van der Waals surface area contributed by atoms with E-state index in [2.05, 4.69) is 9.72 Å². The summed E-state index contributed by atoms with van der Waals surface area (Å²) in [5.74, 6) is -0.904. The predicted octanol–water partition coefficient (Wildman–Crippen LogP) is 2.03. The van der Waals surface area contributed by atoms with Crippen molar-refractivity contribution in [3.63, 3.8) is 0 Å². The normalized spacial score (nSPS) is 11.1. The number of alkyl halides is 3. The first-order valence-electron chi connectivity index (χ1n) is 3.60. The molecular weight excluding hydrogens is 199 g/mol. The summed E-state index contributed by atoms with van der Waals surface area (Å²) < 4.78 is 40.8. The molecule has 0 radical (unpaired) electrons. The molecule has 0 aliphatic carbocycles. The van der Waals surface area contributed by atoms with Crippen molar-refractivity contribution in [3.05, 3.63) is 24.0 Å². The number of rotatable bonds is 1. The summed E-state index contributed by atoms with van der Waals surface area (Å²) in [6, 6.07) is 0.717. The Kier molecular flexibility index (Phi) is 2.73. The third kappa shape index (κ3) is 2.72. The van der Waals surface area contributed by atoms with E-state index in [1.807, 2.05) is 0 Å². The molecule has 14 heavy (non-hydrogen) atoms. The van der Waals surface area contributed by atoms with Crippen molar-refractivity contribution in [1.29, 1.82) is 0 Å². The first kappa shape index (κ1) is 10.5. The molecular formula is C8H6F3NO2. The van der Waals surface area contributed by atoms with Gasteiger partial charge in [-0.3, -0.25) is 9.78 Å². The second-order valence-corrected chi connectivity index (χ2v) is 2.50. The fourth-order valence-electron chi connectivity index (χ4n) is 0.796. The van der Waals surface area contributed by atoms with Crippen molar-refractivity contribution in [2.75, 3.05) is 0 Å². The van der Waals surface area contributed by atoms with Gasteiger partial charge in [-0.25, -0.2) is 0 Å². The first-order chi connectivity index (χ1) is 6.39. The van der Waals surface area contributed by atoms with Gasteiger partial charge < -0.3 is 4.74 Å². The fraction of sp³-hybridized carbons (Fsp3) is 0.250. The maximum atomic E-state index is 12.1. The summed E-state index contributed by atoms with van der Waals surface area (Å²) in [7, 11) is 0. The van der Waals surface area contributed by atoms with Crippen LogP contribution < -0.4 is 4.74 Å². The number of esters is 1. The van der Waals surface area contributed by atoms with Crippen LogP contribution in [0.15, 0.2) is 18.5 Å². The lowest BCUT2D eigenvalue weighted by Gasteiger charge is -2.07. The highest BCUT2D eigenvalue weighted by Crippen LogP contribution is 2.30. The Bertz CT molecular complexity index is 349. The van der Waals surface area contributed by atoms with E-state index in [9.17, 15) is 18.0 Å². The molecule has 0 amide bonds. The van der Waals surface area contributed by atoms with Crippen molar-refractivity contribution < 1.29 is 22.7 Å². The van der Waals surface area contributed by atoms with E-state index in [0.29, 0.717) is 12.3 Å². The largest absolute Gasteiger partial charge is 0.425 e. The second kappa shape index (κ2) is 3.65. The highest BCUT2D eigenvalue weighted by atomic mass is 19.4. The van der Waals surface area contributed by atoms with Gasteiger partial charge in [0.25, 0.3) is 0 Å². The number of nitrogens with zero attached hydrogens (tertiary/aromatic N) is 1. The zero-order valence-corrected chi connectivity index (χ0v) is 7.13. The summed E-state index contributed by atoms with van der Waals surface area (Å²) in [4.78, 5) is 13.7. The van der Waals surface area contributed by atoms with Crippen LogP contribution in [-0.2, 0) is 11.0 Å². The van der Waals surface area contributed by atoms with Crippen LogP contribution in [0.5, 0.6) is 5.75 Å². The number of hydrogen-bond acceptors (Lipinski definition) is 3. The summed E-state index contributed by atoms with van der Waals surface area (Å²) in [5, 5.41) is 0. The number of ether oxygens (including phenoxy) is 1. The third-order valence-electron chi connectivity index (χ3n) is 1.30. The van der Waals surface area contributed by atoms with Gasteiger partial charge in [0.15, 0.2) is 0 Å². The molecule has 0 aliphatic heterocycles. The molecule has 76 valence electrons. The van der Waals surface area contributed by atoms with Crippen LogP contribution in [0.1, 0.15) is 12.5 Å². The van der Waals surface area contributed by atoms with Gasteiger partial charge in [-0.05, 0) is 6.07 Å². The van der Waals surface area contributed by atoms with Crippen molar-refractivity contribution in [1.82, 2.24) is 4.98 Å². The molecule has 3 nitrogen and oxygen atoms in total. The third-order valence-corrected chi connectivity index (χ3v) is 1.30. The quantitative estimate of drug-likeness (QED) is 0.658. The molecule has 1 heterocycles. The Hall–Kier alpha value is -1.59. The Balaban J connectivity index is 2.95. The molecule has 0 fully saturated rings. The van der Waals surface area contributed by atoms with Crippen LogP contribution >= 0.6 is 0 Å². The minimum Gasteiger partial charge on any atom is -0.425 e. The fourth-order valence-corrected chi connectivity index (χ4v) is 0.796. The molecule has 0 unspecified atom stereocenters. The summed E-state index contributed by atoms with van der Waals surface area (Å²) in [5.41, 5.74) is -0.948. The van der Waals surface area contributed by atoms with Crippen molar-refractivity contribution in [2.45, 2.75) is 13.1 Å². The highest BCUT2D eigenvalue weighted by Gasteiger charge is 2.31. The second-order valence-electron chi connectivity index (χ2n) is 2.50. The van der Waals surface area contributed by atoms with E-state index >= 15 is 0 Å². The van der Waals surface area contributed by atoms with Crippen molar-refractivity contribution in [3.8, 4) is 5.75 Å². The van der Waals surface area contributed by atoms with Gasteiger partial charge in [-0.15, -0.1) is 0 Å². The Labute approximate surface area is 77.5 Å². The molecule has 0 bridgehead atoms.